The molecular formula is C11H13N3O2. The van der Waals surface area contributed by atoms with Crippen LogP contribution in [0.3, 0.4) is 0 Å². The maximum Gasteiger partial charge on any atom is 0.337 e. The summed E-state index contributed by atoms with van der Waals surface area (Å²) in [7, 11) is 1.37. The van der Waals surface area contributed by atoms with Crippen LogP contribution in [0.1, 0.15) is 17.3 Å². The van der Waals surface area contributed by atoms with Gasteiger partial charge in [-0.05, 0) is 25.1 Å². The van der Waals surface area contributed by atoms with Crippen LogP contribution in [0.25, 0.3) is 0 Å². The molecule has 0 atom stereocenters. The quantitative estimate of drug-likeness (QED) is 0.731. The van der Waals surface area contributed by atoms with E-state index in [1.807, 2.05) is 25.3 Å². The molecular weight excluding hydrogens is 206 g/mol. The van der Waals surface area contributed by atoms with Crippen LogP contribution >= 0.6 is 0 Å². The number of hydrogen-bond acceptors (Lipinski definition) is 5. The molecule has 84 valence electrons. The van der Waals surface area contributed by atoms with Gasteiger partial charge in [-0.15, -0.1) is 5.53 Å². The van der Waals surface area contributed by atoms with E-state index in [0.717, 1.165) is 11.4 Å². The van der Waals surface area contributed by atoms with Crippen molar-refractivity contribution in [3.8, 4) is 0 Å². The van der Waals surface area contributed by atoms with Crippen molar-refractivity contribution < 1.29 is 9.53 Å². The Balaban J connectivity index is 2.26. The fraction of sp³-hybridized carbons (Fsp3) is 0.182. The van der Waals surface area contributed by atoms with Crippen molar-refractivity contribution in [1.82, 2.24) is 11.0 Å². The minimum atomic E-state index is -0.338. The molecule has 5 heteroatoms. The number of allylic oxidation sites excluding steroid dienone is 1. The van der Waals surface area contributed by atoms with Gasteiger partial charge >= 0.3 is 5.97 Å². The van der Waals surface area contributed by atoms with Crippen LogP contribution in [0, 0.1) is 0 Å². The molecule has 2 N–H and O–H groups in total. The molecule has 2 rings (SSSR count). The Labute approximate surface area is 93.6 Å². The molecule has 0 saturated carbocycles. The molecule has 0 amide bonds. The second-order valence-electron chi connectivity index (χ2n) is 3.46. The van der Waals surface area contributed by atoms with E-state index in [2.05, 4.69) is 15.7 Å². The highest BCUT2D eigenvalue weighted by atomic mass is 16.5. The first kappa shape index (κ1) is 10.5. The van der Waals surface area contributed by atoms with Crippen molar-refractivity contribution in [3.63, 3.8) is 0 Å². The number of carbonyl (C=O) groups excluding carboxylic acids is 1. The molecule has 0 unspecified atom stereocenters. The summed E-state index contributed by atoms with van der Waals surface area (Å²) in [5.41, 5.74) is 8.30. The van der Waals surface area contributed by atoms with Crippen LogP contribution in [0.15, 0.2) is 36.2 Å². The molecule has 1 aromatic rings. The molecule has 1 aliphatic heterocycles. The summed E-state index contributed by atoms with van der Waals surface area (Å²) in [4.78, 5) is 11.4. The number of hydrazine groups is 2. The molecule has 0 bridgehead atoms. The third-order valence-electron chi connectivity index (χ3n) is 2.24. The van der Waals surface area contributed by atoms with Gasteiger partial charge < -0.3 is 10.2 Å². The van der Waals surface area contributed by atoms with E-state index in [1.54, 1.807) is 17.1 Å². The topological polar surface area (TPSA) is 53.6 Å². The zero-order valence-electron chi connectivity index (χ0n) is 9.15. The predicted molar refractivity (Wildman–Crippen MR) is 60.3 cm³/mol. The van der Waals surface area contributed by atoms with Gasteiger partial charge in [-0.1, -0.05) is 6.07 Å². The van der Waals surface area contributed by atoms with Crippen molar-refractivity contribution in [2.75, 3.05) is 12.1 Å². The van der Waals surface area contributed by atoms with Crippen LogP contribution < -0.4 is 16.0 Å². The number of hydrogen-bond donors (Lipinski definition) is 2. The van der Waals surface area contributed by atoms with E-state index < -0.39 is 0 Å². The first-order valence-electron chi connectivity index (χ1n) is 4.88. The van der Waals surface area contributed by atoms with Gasteiger partial charge in [0.1, 0.15) is 0 Å². The van der Waals surface area contributed by atoms with Gasteiger partial charge in [0.2, 0.25) is 0 Å². The van der Waals surface area contributed by atoms with Gasteiger partial charge in [0.25, 0.3) is 0 Å². The highest BCUT2D eigenvalue weighted by molar-refractivity contribution is 5.90. The second-order valence-corrected chi connectivity index (χ2v) is 3.46. The number of methoxy groups -OCH3 is 1. The van der Waals surface area contributed by atoms with Crippen molar-refractivity contribution in [1.29, 1.82) is 0 Å². The lowest BCUT2D eigenvalue weighted by molar-refractivity contribution is 0.0601. The number of ether oxygens (including phenoxy) is 1. The zero-order chi connectivity index (χ0) is 11.5. The van der Waals surface area contributed by atoms with Gasteiger partial charge in [-0.2, -0.15) is 0 Å². The van der Waals surface area contributed by atoms with Gasteiger partial charge in [0.05, 0.1) is 18.4 Å². The van der Waals surface area contributed by atoms with Crippen molar-refractivity contribution >= 4 is 11.7 Å². The second kappa shape index (κ2) is 4.24. The van der Waals surface area contributed by atoms with Crippen molar-refractivity contribution in [2.45, 2.75) is 6.92 Å². The summed E-state index contributed by atoms with van der Waals surface area (Å²) >= 11 is 0. The van der Waals surface area contributed by atoms with E-state index >= 15 is 0 Å². The first-order valence-corrected chi connectivity index (χ1v) is 4.88. The third-order valence-corrected chi connectivity index (χ3v) is 2.24. The molecule has 1 heterocycles. The molecule has 0 fully saturated rings. The van der Waals surface area contributed by atoms with Crippen LogP contribution in [-0.4, -0.2) is 13.1 Å². The Kier molecular flexibility index (Phi) is 2.78. The van der Waals surface area contributed by atoms with Gasteiger partial charge in [-0.3, -0.25) is 5.01 Å². The summed E-state index contributed by atoms with van der Waals surface area (Å²) in [6, 6.07) is 7.19. The fourth-order valence-electron chi connectivity index (χ4n) is 1.45. The Morgan fingerprint density at radius 1 is 1.44 bits per heavy atom. The average molecular weight is 219 g/mol. The van der Waals surface area contributed by atoms with Gasteiger partial charge in [0, 0.05) is 11.9 Å². The fourth-order valence-corrected chi connectivity index (χ4v) is 1.45. The lowest BCUT2D eigenvalue weighted by Gasteiger charge is -2.15. The molecule has 0 aliphatic carbocycles. The molecule has 1 aromatic carbocycles. The number of esters is 1. The highest BCUT2D eigenvalue weighted by Crippen LogP contribution is 2.17. The zero-order valence-corrected chi connectivity index (χ0v) is 9.15. The molecule has 5 nitrogen and oxygen atoms in total. The van der Waals surface area contributed by atoms with Crippen LogP contribution in [0.2, 0.25) is 0 Å². The number of rotatable bonds is 2. The van der Waals surface area contributed by atoms with Crippen molar-refractivity contribution in [3.05, 3.63) is 41.7 Å². The Morgan fingerprint density at radius 3 is 2.88 bits per heavy atom. The van der Waals surface area contributed by atoms with E-state index in [4.69, 9.17) is 0 Å². The maximum absolute atomic E-state index is 11.4. The van der Waals surface area contributed by atoms with Gasteiger partial charge in [-0.25, -0.2) is 4.79 Å². The molecule has 1 aliphatic rings. The molecule has 0 radical (unpaired) electrons. The number of nitrogens with zero attached hydrogens (tertiary/aromatic N) is 1. The molecule has 0 aromatic heterocycles. The molecule has 0 spiro atoms. The summed E-state index contributed by atoms with van der Waals surface area (Å²) in [5.74, 6) is -0.338. The van der Waals surface area contributed by atoms with E-state index in [-0.39, 0.29) is 5.97 Å². The monoisotopic (exact) mass is 219 g/mol. The SMILES string of the molecule is COC(=O)c1cccc(N2C=C(C)NN2)c1. The van der Waals surface area contributed by atoms with E-state index in [9.17, 15) is 4.79 Å². The largest absolute Gasteiger partial charge is 0.465 e. The highest BCUT2D eigenvalue weighted by Gasteiger charge is 2.12. The summed E-state index contributed by atoms with van der Waals surface area (Å²) in [5, 5.41) is 1.79. The number of carbonyl (C=O) groups is 1. The number of anilines is 1. The smallest absolute Gasteiger partial charge is 0.337 e. The summed E-state index contributed by atoms with van der Waals surface area (Å²) in [6.45, 7) is 1.94. The number of benzene rings is 1. The van der Waals surface area contributed by atoms with E-state index in [0.29, 0.717) is 5.56 Å². The normalized spacial score (nSPS) is 14.4. The first-order chi connectivity index (χ1) is 7.70. The maximum atomic E-state index is 11.4. The third kappa shape index (κ3) is 1.99. The molecule has 16 heavy (non-hydrogen) atoms. The van der Waals surface area contributed by atoms with Crippen molar-refractivity contribution in [2.24, 2.45) is 0 Å². The lowest BCUT2D eigenvalue weighted by Crippen LogP contribution is -2.36. The van der Waals surface area contributed by atoms with Crippen LogP contribution in [-0.2, 0) is 4.74 Å². The van der Waals surface area contributed by atoms with E-state index in [1.165, 1.54) is 7.11 Å². The summed E-state index contributed by atoms with van der Waals surface area (Å²) < 4.78 is 4.67. The lowest BCUT2D eigenvalue weighted by atomic mass is 10.2. The summed E-state index contributed by atoms with van der Waals surface area (Å²) in [6.07, 6.45) is 1.90. The number of nitrogens with one attached hydrogen (secondary N) is 2. The standard InChI is InChI=1S/C11H13N3O2/c1-8-7-14(13-12-8)10-5-3-4-9(6-10)11(15)16-2/h3-7,12-13H,1-2H3. The van der Waals surface area contributed by atoms with Crippen LogP contribution in [0.4, 0.5) is 5.69 Å². The Morgan fingerprint density at radius 2 is 2.25 bits per heavy atom. The Bertz CT molecular complexity index is 443. The minimum absolute atomic E-state index is 0.338. The average Bonchev–Trinajstić information content (AvgIpc) is 2.75. The van der Waals surface area contributed by atoms with Gasteiger partial charge in [0.15, 0.2) is 0 Å². The van der Waals surface area contributed by atoms with Crippen LogP contribution in [0.5, 0.6) is 0 Å². The predicted octanol–water partition coefficient (Wildman–Crippen LogP) is 1.16. The molecule has 0 saturated heterocycles. The minimum Gasteiger partial charge on any atom is -0.465 e. The Hall–Kier alpha value is -2.01.